The van der Waals surface area contributed by atoms with Crippen LogP contribution in [0.3, 0.4) is 0 Å². The molecule has 2 aromatic rings. The highest BCUT2D eigenvalue weighted by atomic mass is 32.2. The summed E-state index contributed by atoms with van der Waals surface area (Å²) in [5, 5.41) is 0. The Hall–Kier alpha value is -2.08. The van der Waals surface area contributed by atoms with E-state index < -0.39 is 10.0 Å². The Labute approximate surface area is 151 Å². The van der Waals surface area contributed by atoms with Crippen molar-refractivity contribution in [2.45, 2.75) is 38.5 Å². The van der Waals surface area contributed by atoms with Gasteiger partial charge in [-0.05, 0) is 44.5 Å². The highest BCUT2D eigenvalue weighted by Gasteiger charge is 2.24. The third-order valence-corrected chi connectivity index (χ3v) is 6.01. The SMILES string of the molecule is CCCCN(CC)c1ccc(S(=O)(=O)N(CC)c2ccccc2)cn1. The zero-order valence-electron chi connectivity index (χ0n) is 15.2. The topological polar surface area (TPSA) is 53.5 Å². The van der Waals surface area contributed by atoms with E-state index in [1.54, 1.807) is 24.3 Å². The van der Waals surface area contributed by atoms with E-state index in [1.807, 2.05) is 25.1 Å². The first-order chi connectivity index (χ1) is 12.0. The number of aromatic nitrogens is 1. The number of anilines is 2. The molecule has 0 atom stereocenters. The molecule has 0 spiro atoms. The first-order valence-electron chi connectivity index (χ1n) is 8.83. The highest BCUT2D eigenvalue weighted by Crippen LogP contribution is 2.24. The number of rotatable bonds is 9. The standard InChI is InChI=1S/C19H27N3O2S/c1-4-7-15-21(5-2)19-14-13-18(16-20-19)25(23,24)22(6-3)17-11-9-8-10-12-17/h8-14,16H,4-7,15H2,1-3H3. The minimum absolute atomic E-state index is 0.216. The molecule has 2 rings (SSSR count). The van der Waals surface area contributed by atoms with Crippen molar-refractivity contribution in [3.63, 3.8) is 0 Å². The van der Waals surface area contributed by atoms with E-state index in [1.165, 1.54) is 10.5 Å². The first kappa shape index (κ1) is 19.2. The summed E-state index contributed by atoms with van der Waals surface area (Å²) in [6.45, 7) is 8.21. The van der Waals surface area contributed by atoms with Crippen molar-refractivity contribution in [2.75, 3.05) is 28.8 Å². The summed E-state index contributed by atoms with van der Waals surface area (Å²) in [6.07, 6.45) is 3.67. The van der Waals surface area contributed by atoms with Crippen molar-refractivity contribution in [1.82, 2.24) is 4.98 Å². The number of hydrogen-bond donors (Lipinski definition) is 0. The van der Waals surface area contributed by atoms with Crippen LogP contribution in [0, 0.1) is 0 Å². The summed E-state index contributed by atoms with van der Waals surface area (Å²) in [4.78, 5) is 6.78. The minimum atomic E-state index is -3.62. The Kier molecular flexibility index (Phi) is 6.82. The van der Waals surface area contributed by atoms with Crippen molar-refractivity contribution in [3.8, 4) is 0 Å². The molecule has 0 aliphatic heterocycles. The number of unbranched alkanes of at least 4 members (excludes halogenated alkanes) is 1. The molecule has 1 heterocycles. The largest absolute Gasteiger partial charge is 0.357 e. The Morgan fingerprint density at radius 1 is 0.960 bits per heavy atom. The molecule has 6 heteroatoms. The molecule has 0 saturated heterocycles. The normalized spacial score (nSPS) is 11.3. The Bertz CT molecular complexity index is 746. The second kappa shape index (κ2) is 8.85. The maximum Gasteiger partial charge on any atom is 0.265 e. The molecule has 5 nitrogen and oxygen atoms in total. The van der Waals surface area contributed by atoms with Gasteiger partial charge in [0.1, 0.15) is 10.7 Å². The average molecular weight is 362 g/mol. The van der Waals surface area contributed by atoms with E-state index in [-0.39, 0.29) is 4.90 Å². The van der Waals surface area contributed by atoms with Crippen molar-refractivity contribution >= 4 is 21.5 Å². The van der Waals surface area contributed by atoms with Crippen LogP contribution in [0.2, 0.25) is 0 Å². The van der Waals surface area contributed by atoms with Crippen LogP contribution in [0.15, 0.2) is 53.6 Å². The predicted molar refractivity (Wildman–Crippen MR) is 104 cm³/mol. The number of benzene rings is 1. The van der Waals surface area contributed by atoms with Crippen molar-refractivity contribution in [2.24, 2.45) is 0 Å². The number of nitrogens with zero attached hydrogens (tertiary/aromatic N) is 3. The molecule has 0 fully saturated rings. The van der Waals surface area contributed by atoms with Crippen molar-refractivity contribution < 1.29 is 8.42 Å². The quantitative estimate of drug-likeness (QED) is 0.679. The smallest absolute Gasteiger partial charge is 0.265 e. The van der Waals surface area contributed by atoms with Crippen LogP contribution < -0.4 is 9.21 Å². The van der Waals surface area contributed by atoms with Gasteiger partial charge in [-0.25, -0.2) is 13.4 Å². The fraction of sp³-hybridized carbons (Fsp3) is 0.421. The van der Waals surface area contributed by atoms with Gasteiger partial charge in [0, 0.05) is 25.8 Å². The number of pyridine rings is 1. The van der Waals surface area contributed by atoms with E-state index >= 15 is 0 Å². The van der Waals surface area contributed by atoms with Gasteiger partial charge in [-0.1, -0.05) is 31.5 Å². The third kappa shape index (κ3) is 4.51. The van der Waals surface area contributed by atoms with Gasteiger partial charge >= 0.3 is 0 Å². The fourth-order valence-corrected chi connectivity index (χ4v) is 4.13. The minimum Gasteiger partial charge on any atom is -0.357 e. The number of sulfonamides is 1. The maximum atomic E-state index is 13.0. The lowest BCUT2D eigenvalue weighted by Gasteiger charge is -2.24. The number of hydrogen-bond acceptors (Lipinski definition) is 4. The van der Waals surface area contributed by atoms with Crippen LogP contribution >= 0.6 is 0 Å². The van der Waals surface area contributed by atoms with E-state index in [9.17, 15) is 8.42 Å². The van der Waals surface area contributed by atoms with Crippen molar-refractivity contribution in [1.29, 1.82) is 0 Å². The van der Waals surface area contributed by atoms with E-state index in [0.29, 0.717) is 12.2 Å². The molecule has 0 N–H and O–H groups in total. The van der Waals surface area contributed by atoms with Gasteiger partial charge in [-0.3, -0.25) is 4.31 Å². The van der Waals surface area contributed by atoms with Gasteiger partial charge < -0.3 is 4.90 Å². The van der Waals surface area contributed by atoms with E-state index in [0.717, 1.165) is 31.7 Å². The first-order valence-corrected chi connectivity index (χ1v) is 10.3. The molecular formula is C19H27N3O2S. The highest BCUT2D eigenvalue weighted by molar-refractivity contribution is 7.92. The second-order valence-electron chi connectivity index (χ2n) is 5.79. The molecule has 1 aromatic carbocycles. The van der Waals surface area contributed by atoms with Gasteiger partial charge in [-0.15, -0.1) is 0 Å². The molecular weight excluding hydrogens is 334 g/mol. The van der Waals surface area contributed by atoms with E-state index in [2.05, 4.69) is 23.7 Å². The van der Waals surface area contributed by atoms with E-state index in [4.69, 9.17) is 0 Å². The lowest BCUT2D eigenvalue weighted by atomic mass is 10.3. The van der Waals surface area contributed by atoms with Gasteiger partial charge in [0.2, 0.25) is 0 Å². The monoisotopic (exact) mass is 361 g/mol. The summed E-state index contributed by atoms with van der Waals surface area (Å²) < 4.78 is 27.3. The summed E-state index contributed by atoms with van der Waals surface area (Å²) in [5.74, 6) is 0.817. The summed E-state index contributed by atoms with van der Waals surface area (Å²) in [6, 6.07) is 12.6. The van der Waals surface area contributed by atoms with Crippen LogP contribution in [0.5, 0.6) is 0 Å². The predicted octanol–water partition coefficient (Wildman–Crippen LogP) is 3.92. The molecule has 0 saturated carbocycles. The summed E-state index contributed by atoms with van der Waals surface area (Å²) >= 11 is 0. The van der Waals surface area contributed by atoms with Gasteiger partial charge in [0.15, 0.2) is 0 Å². The maximum absolute atomic E-state index is 13.0. The molecule has 1 aromatic heterocycles. The average Bonchev–Trinajstić information content (AvgIpc) is 2.64. The Morgan fingerprint density at radius 3 is 2.20 bits per heavy atom. The van der Waals surface area contributed by atoms with Gasteiger partial charge in [0.05, 0.1) is 5.69 Å². The zero-order chi connectivity index (χ0) is 18.3. The molecule has 0 radical (unpaired) electrons. The Morgan fingerprint density at radius 2 is 1.68 bits per heavy atom. The molecule has 0 aliphatic rings. The summed E-state index contributed by atoms with van der Waals surface area (Å²) in [5.41, 5.74) is 0.659. The van der Waals surface area contributed by atoms with Crippen molar-refractivity contribution in [3.05, 3.63) is 48.7 Å². The molecule has 25 heavy (non-hydrogen) atoms. The summed E-state index contributed by atoms with van der Waals surface area (Å²) in [7, 11) is -3.62. The third-order valence-electron chi connectivity index (χ3n) is 4.13. The van der Waals surface area contributed by atoms with Crippen LogP contribution in [-0.4, -0.2) is 33.0 Å². The van der Waals surface area contributed by atoms with Crippen LogP contribution in [0.25, 0.3) is 0 Å². The Balaban J connectivity index is 2.27. The van der Waals surface area contributed by atoms with Gasteiger partial charge in [0.25, 0.3) is 10.0 Å². The molecule has 136 valence electrons. The molecule has 0 unspecified atom stereocenters. The molecule has 0 amide bonds. The molecule has 0 bridgehead atoms. The lowest BCUT2D eigenvalue weighted by Crippen LogP contribution is -2.31. The van der Waals surface area contributed by atoms with Crippen LogP contribution in [-0.2, 0) is 10.0 Å². The lowest BCUT2D eigenvalue weighted by molar-refractivity contribution is 0.591. The second-order valence-corrected chi connectivity index (χ2v) is 7.65. The number of para-hydroxylation sites is 1. The molecule has 0 aliphatic carbocycles. The zero-order valence-corrected chi connectivity index (χ0v) is 16.0. The van der Waals surface area contributed by atoms with Crippen LogP contribution in [0.1, 0.15) is 33.6 Å². The van der Waals surface area contributed by atoms with Crippen LogP contribution in [0.4, 0.5) is 11.5 Å². The van der Waals surface area contributed by atoms with Gasteiger partial charge in [-0.2, -0.15) is 0 Å². The fourth-order valence-electron chi connectivity index (χ4n) is 2.71.